The Kier molecular flexibility index (Phi) is 11.3. The fraction of sp³-hybridized carbons (Fsp3) is 0.344. The predicted octanol–water partition coefficient (Wildman–Crippen LogP) is 5.07. The van der Waals surface area contributed by atoms with E-state index in [1.54, 1.807) is 9.91 Å². The van der Waals surface area contributed by atoms with Gasteiger partial charge in [-0.2, -0.15) is 5.10 Å². The van der Waals surface area contributed by atoms with E-state index < -0.39 is 12.0 Å². The normalized spacial score (nSPS) is 12.2. The van der Waals surface area contributed by atoms with Crippen molar-refractivity contribution in [2.45, 2.75) is 59.2 Å². The molecule has 8 heteroatoms. The van der Waals surface area contributed by atoms with Crippen molar-refractivity contribution in [3.63, 3.8) is 0 Å². The molecular formula is C32H41N5O3. The minimum atomic E-state index is -0.654. The molecule has 0 aliphatic rings. The third kappa shape index (κ3) is 7.70. The topological polar surface area (TPSA) is 114 Å². The van der Waals surface area contributed by atoms with Crippen LogP contribution >= 0.6 is 0 Å². The zero-order valence-corrected chi connectivity index (χ0v) is 23.9. The van der Waals surface area contributed by atoms with Gasteiger partial charge in [0.05, 0.1) is 13.7 Å². The first-order valence-electron chi connectivity index (χ1n) is 13.7. The van der Waals surface area contributed by atoms with Crippen LogP contribution in [0.2, 0.25) is 0 Å². The number of rotatable bonds is 12. The highest BCUT2D eigenvalue weighted by molar-refractivity contribution is 6.04. The lowest BCUT2D eigenvalue weighted by molar-refractivity contribution is -0.155. The Labute approximate surface area is 237 Å². The monoisotopic (exact) mass is 543 g/mol. The van der Waals surface area contributed by atoms with Crippen LogP contribution in [0.4, 0.5) is 0 Å². The number of hydrazine groups is 1. The SMILES string of the molecule is CCCCC(=O)N(Cc1ccc(-c2ccccc2/C(=N/N)N(N)Cc2ccccc2)cc1)C(C(=O)OC)C(C)C. The second-order valence-electron chi connectivity index (χ2n) is 10.1. The van der Waals surface area contributed by atoms with E-state index in [2.05, 4.69) is 5.10 Å². The molecule has 1 amide bonds. The maximum atomic E-state index is 13.2. The molecular weight excluding hydrogens is 502 g/mol. The summed E-state index contributed by atoms with van der Waals surface area (Å²) in [6.45, 7) is 6.66. The first kappa shape index (κ1) is 30.4. The second-order valence-corrected chi connectivity index (χ2v) is 10.1. The number of carbonyl (C=O) groups excluding carboxylic acids is 2. The molecule has 3 rings (SSSR count). The van der Waals surface area contributed by atoms with Crippen molar-refractivity contribution in [3.05, 3.63) is 95.6 Å². The maximum Gasteiger partial charge on any atom is 0.328 e. The first-order valence-corrected chi connectivity index (χ1v) is 13.7. The lowest BCUT2D eigenvalue weighted by Crippen LogP contribution is -2.48. The van der Waals surface area contributed by atoms with Crippen LogP contribution in [0.25, 0.3) is 11.1 Å². The zero-order valence-electron chi connectivity index (χ0n) is 23.9. The minimum absolute atomic E-state index is 0.0503. The molecule has 3 aromatic carbocycles. The van der Waals surface area contributed by atoms with Crippen LogP contribution in [-0.4, -0.2) is 40.8 Å². The van der Waals surface area contributed by atoms with Crippen LogP contribution in [-0.2, 0) is 27.4 Å². The van der Waals surface area contributed by atoms with Gasteiger partial charge < -0.3 is 15.5 Å². The van der Waals surface area contributed by atoms with Crippen molar-refractivity contribution >= 4 is 17.7 Å². The molecule has 0 aliphatic carbocycles. The Morgan fingerprint density at radius 1 is 0.900 bits per heavy atom. The number of carbonyl (C=O) groups is 2. The van der Waals surface area contributed by atoms with E-state index in [-0.39, 0.29) is 11.8 Å². The van der Waals surface area contributed by atoms with Crippen molar-refractivity contribution in [3.8, 4) is 11.1 Å². The van der Waals surface area contributed by atoms with Crippen LogP contribution < -0.4 is 11.7 Å². The average Bonchev–Trinajstić information content (AvgIpc) is 2.96. The molecule has 0 saturated heterocycles. The molecule has 1 atom stereocenters. The number of unbranched alkanes of at least 4 members (excludes halogenated alkanes) is 1. The van der Waals surface area contributed by atoms with Crippen LogP contribution in [0, 0.1) is 5.92 Å². The number of nitrogens with zero attached hydrogens (tertiary/aromatic N) is 3. The van der Waals surface area contributed by atoms with E-state index >= 15 is 0 Å². The number of benzene rings is 3. The fourth-order valence-corrected chi connectivity index (χ4v) is 4.76. The Morgan fingerprint density at radius 3 is 2.12 bits per heavy atom. The van der Waals surface area contributed by atoms with Gasteiger partial charge in [-0.05, 0) is 34.6 Å². The van der Waals surface area contributed by atoms with E-state index in [0.717, 1.165) is 40.7 Å². The van der Waals surface area contributed by atoms with Gasteiger partial charge in [0.25, 0.3) is 0 Å². The van der Waals surface area contributed by atoms with Crippen molar-refractivity contribution in [2.24, 2.45) is 22.7 Å². The summed E-state index contributed by atoms with van der Waals surface area (Å²) in [5, 5.41) is 5.57. The van der Waals surface area contributed by atoms with E-state index in [4.69, 9.17) is 16.4 Å². The number of amidine groups is 1. The Bertz CT molecular complexity index is 1280. The molecule has 212 valence electrons. The third-order valence-electron chi connectivity index (χ3n) is 6.85. The minimum Gasteiger partial charge on any atom is -0.467 e. The number of nitrogens with two attached hydrogens (primary N) is 2. The largest absolute Gasteiger partial charge is 0.467 e. The summed E-state index contributed by atoms with van der Waals surface area (Å²) in [5.74, 6) is 12.2. The standard InChI is InChI=1S/C32H41N5O3/c1-5-6-16-29(38)36(30(23(2)3)32(39)40-4)21-25-17-19-26(20-18-25)27-14-10-11-15-28(27)31(35-33)37(34)22-24-12-8-7-9-13-24/h7-15,17-20,23,30H,5-6,16,21-22,33-34H2,1-4H3/b35-31-. The van der Waals surface area contributed by atoms with Gasteiger partial charge in [-0.25, -0.2) is 10.6 Å². The van der Waals surface area contributed by atoms with Gasteiger partial charge in [-0.3, -0.25) is 9.80 Å². The summed E-state index contributed by atoms with van der Waals surface area (Å²) >= 11 is 0. The molecule has 0 saturated carbocycles. The molecule has 0 bridgehead atoms. The Balaban J connectivity index is 1.88. The Morgan fingerprint density at radius 2 is 1.52 bits per heavy atom. The highest BCUT2D eigenvalue weighted by Crippen LogP contribution is 2.27. The summed E-state index contributed by atoms with van der Waals surface area (Å²) in [5.41, 5.74) is 4.63. The number of amides is 1. The Hall–Kier alpha value is -4.17. The summed E-state index contributed by atoms with van der Waals surface area (Å²) in [6.07, 6.45) is 2.06. The molecule has 0 spiro atoms. The number of hydrazone groups is 1. The van der Waals surface area contributed by atoms with E-state index in [9.17, 15) is 9.59 Å². The lowest BCUT2D eigenvalue weighted by Gasteiger charge is -2.32. The lowest BCUT2D eigenvalue weighted by atomic mass is 9.97. The predicted molar refractivity (Wildman–Crippen MR) is 159 cm³/mol. The van der Waals surface area contributed by atoms with Gasteiger partial charge in [0.2, 0.25) is 5.91 Å². The fourth-order valence-electron chi connectivity index (χ4n) is 4.76. The number of ether oxygens (including phenoxy) is 1. The summed E-state index contributed by atoms with van der Waals surface area (Å²) in [4.78, 5) is 27.5. The molecule has 4 N–H and O–H groups in total. The van der Waals surface area contributed by atoms with E-state index in [1.165, 1.54) is 7.11 Å². The van der Waals surface area contributed by atoms with Gasteiger partial charge in [-0.1, -0.05) is 106 Å². The van der Waals surface area contributed by atoms with Gasteiger partial charge >= 0.3 is 5.97 Å². The van der Waals surface area contributed by atoms with Crippen molar-refractivity contribution < 1.29 is 14.3 Å². The maximum absolute atomic E-state index is 13.2. The van der Waals surface area contributed by atoms with Gasteiger partial charge in [0, 0.05) is 18.5 Å². The van der Waals surface area contributed by atoms with Crippen LogP contribution in [0.3, 0.4) is 0 Å². The van der Waals surface area contributed by atoms with Gasteiger partial charge in [0.15, 0.2) is 5.84 Å². The third-order valence-corrected chi connectivity index (χ3v) is 6.85. The average molecular weight is 544 g/mol. The van der Waals surface area contributed by atoms with Crippen molar-refractivity contribution in [1.82, 2.24) is 9.91 Å². The summed E-state index contributed by atoms with van der Waals surface area (Å²) in [7, 11) is 1.36. The number of esters is 1. The highest BCUT2D eigenvalue weighted by atomic mass is 16.5. The van der Waals surface area contributed by atoms with Crippen molar-refractivity contribution in [2.75, 3.05) is 7.11 Å². The number of hydrogen-bond donors (Lipinski definition) is 2. The highest BCUT2D eigenvalue weighted by Gasteiger charge is 2.33. The van der Waals surface area contributed by atoms with Crippen LogP contribution in [0.1, 0.15) is 56.7 Å². The molecule has 0 aromatic heterocycles. The zero-order chi connectivity index (χ0) is 29.1. The molecule has 1 unspecified atom stereocenters. The molecule has 0 fully saturated rings. The van der Waals surface area contributed by atoms with Gasteiger partial charge in [-0.15, -0.1) is 0 Å². The second kappa shape index (κ2) is 14.8. The summed E-state index contributed by atoms with van der Waals surface area (Å²) < 4.78 is 5.06. The summed E-state index contributed by atoms with van der Waals surface area (Å²) in [6, 6.07) is 25.0. The molecule has 0 aliphatic heterocycles. The quantitative estimate of drug-likeness (QED) is 0.108. The van der Waals surface area contributed by atoms with Gasteiger partial charge in [0.1, 0.15) is 6.04 Å². The number of hydrogen-bond acceptors (Lipinski definition) is 6. The van der Waals surface area contributed by atoms with E-state index in [0.29, 0.717) is 25.3 Å². The van der Waals surface area contributed by atoms with Crippen molar-refractivity contribution in [1.29, 1.82) is 0 Å². The molecule has 8 nitrogen and oxygen atoms in total. The molecule has 0 radical (unpaired) electrons. The smallest absolute Gasteiger partial charge is 0.328 e. The van der Waals surface area contributed by atoms with E-state index in [1.807, 2.05) is 99.6 Å². The molecule has 40 heavy (non-hydrogen) atoms. The molecule has 0 heterocycles. The van der Waals surface area contributed by atoms with Crippen LogP contribution in [0.5, 0.6) is 0 Å². The number of methoxy groups -OCH3 is 1. The molecule has 3 aromatic rings. The first-order chi connectivity index (χ1) is 19.3. The van der Waals surface area contributed by atoms with Crippen LogP contribution in [0.15, 0.2) is 84.0 Å².